The van der Waals surface area contributed by atoms with E-state index in [9.17, 15) is 39.9 Å². The van der Waals surface area contributed by atoms with Crippen molar-refractivity contribution in [2.45, 2.75) is 213 Å². The van der Waals surface area contributed by atoms with Crippen molar-refractivity contribution in [1.82, 2.24) is 0 Å². The smallest absolute Gasteiger partial charge is 0.506 e. The topological polar surface area (TPSA) is 136 Å². The predicted octanol–water partition coefficient (Wildman–Crippen LogP) is 20.9. The number of nitrogens with one attached hydrogen (secondary N) is 1. The van der Waals surface area contributed by atoms with Crippen LogP contribution >= 0.6 is 0 Å². The molecule has 0 spiro atoms. The summed E-state index contributed by atoms with van der Waals surface area (Å²) >= 11 is 0. The molecule has 0 fully saturated rings. The third-order valence-corrected chi connectivity index (χ3v) is 18.5. The van der Waals surface area contributed by atoms with Crippen LogP contribution in [0.25, 0.3) is 5.57 Å². The minimum Gasteiger partial charge on any atom is -0.506 e. The molecule has 2 aliphatic carbocycles. The molecule has 0 radical (unpaired) electrons. The summed E-state index contributed by atoms with van der Waals surface area (Å²) in [7, 11) is -10.3. The van der Waals surface area contributed by atoms with Crippen LogP contribution in [0.2, 0.25) is 0 Å². The maximum absolute atomic E-state index is 14.8. The third kappa shape index (κ3) is 20.4. The van der Waals surface area contributed by atoms with Gasteiger partial charge in [-0.15, -0.1) is 0 Å². The van der Waals surface area contributed by atoms with Crippen molar-refractivity contribution in [3.8, 4) is 0 Å². The Morgan fingerprint density at radius 3 is 1.16 bits per heavy atom. The molecule has 0 atom stereocenters. The number of ketones is 1. The number of aliphatic hydroxyl groups is 1. The predicted molar refractivity (Wildman–Crippen MR) is 364 cm³/mol. The van der Waals surface area contributed by atoms with Gasteiger partial charge in [0.1, 0.15) is 5.76 Å². The van der Waals surface area contributed by atoms with Crippen molar-refractivity contribution in [3.63, 3.8) is 0 Å². The van der Waals surface area contributed by atoms with Gasteiger partial charge in [0.15, 0.2) is 0 Å². The summed E-state index contributed by atoms with van der Waals surface area (Å²) in [6, 6.07) is 36.4. The number of aliphatic hydroxyl groups excluding tert-OH is 1. The zero-order valence-corrected chi connectivity index (χ0v) is 54.9. The number of sulfonamides is 2. The first-order chi connectivity index (χ1) is 42.9. The second kappa shape index (κ2) is 34.5. The number of Topliss-reactive ketones (excluding diaryl/α,β-unsaturated/α-hetero) is 1. The fraction of sp³-hybridized carbons (Fsp3) is 0.459. The highest BCUT2D eigenvalue weighted by atomic mass is 32.2. The fourth-order valence-corrected chi connectivity index (χ4v) is 12.9. The van der Waals surface area contributed by atoms with Crippen LogP contribution in [-0.2, 0) is 50.5 Å². The van der Waals surface area contributed by atoms with Gasteiger partial charge in [-0.1, -0.05) is 205 Å². The third-order valence-electron chi connectivity index (χ3n) is 16.8. The van der Waals surface area contributed by atoms with Crippen molar-refractivity contribution >= 4 is 71.2 Å². The normalized spacial score (nSPS) is 15.0. The quantitative estimate of drug-likeness (QED) is 0.0295. The van der Waals surface area contributed by atoms with Crippen molar-refractivity contribution < 1.29 is 39.9 Å². The van der Waals surface area contributed by atoms with Gasteiger partial charge < -0.3 is 14.9 Å². The molecule has 2 N–H and O–H groups in total. The van der Waals surface area contributed by atoms with Gasteiger partial charge in [-0.25, -0.2) is 8.42 Å². The van der Waals surface area contributed by atoms with Crippen LogP contribution in [0.3, 0.4) is 0 Å². The van der Waals surface area contributed by atoms with E-state index in [0.717, 1.165) is 106 Å². The molecule has 0 saturated carbocycles. The second-order valence-corrected chi connectivity index (χ2v) is 27.5. The fourth-order valence-electron chi connectivity index (χ4n) is 11.8. The summed E-state index contributed by atoms with van der Waals surface area (Å²) in [5, 5.41) is 12.1. The van der Waals surface area contributed by atoms with Gasteiger partial charge in [-0.05, 0) is 159 Å². The number of anilines is 6. The minimum atomic E-state index is -6.09. The molecule has 5 aromatic rings. The first kappa shape index (κ1) is 69.8. The molecular formula is C74H95F3N4O6S2. The number of unbranched alkanes of at least 4 members (excludes halogenated alkanes) is 20. The van der Waals surface area contributed by atoms with E-state index in [-0.39, 0.29) is 28.1 Å². The van der Waals surface area contributed by atoms with Gasteiger partial charge >= 0.3 is 15.5 Å². The first-order valence-electron chi connectivity index (χ1n) is 33.0. The van der Waals surface area contributed by atoms with Gasteiger partial charge in [-0.3, -0.25) is 9.52 Å². The molecule has 10 nitrogen and oxygen atoms in total. The van der Waals surface area contributed by atoms with E-state index in [1.807, 2.05) is 82.6 Å². The van der Waals surface area contributed by atoms with Gasteiger partial charge in [0.2, 0.25) is 5.78 Å². The molecule has 0 bridgehead atoms. The van der Waals surface area contributed by atoms with Crippen LogP contribution in [-0.4, -0.2) is 45.2 Å². The molecule has 5 aromatic carbocycles. The number of rotatable bonds is 38. The number of nitrogens with zero attached hydrogens (tertiary/aromatic N) is 3. The van der Waals surface area contributed by atoms with Crippen molar-refractivity contribution in [1.29, 1.82) is 0 Å². The van der Waals surface area contributed by atoms with Crippen molar-refractivity contribution in [3.05, 3.63) is 184 Å². The molecule has 480 valence electrons. The van der Waals surface area contributed by atoms with Crippen LogP contribution in [0.1, 0.15) is 210 Å². The SMILES string of the molecule is CCCCCCCCc1ccc(N(C2=CC(=NS(C)(=O)=O)C(=C3C(=O)C(c4ccc(N(c5ccc(CCCCCCCC)cc5)c5ccc(CCCCCCCC)cc5)cc4NS(=O)(=O)C(F)(F)F)=C3O)C=C2)c2ccc(CCCCCCCC)cc2)cc1. The Kier molecular flexibility index (Phi) is 27.0. The lowest BCUT2D eigenvalue weighted by atomic mass is 9.78. The lowest BCUT2D eigenvalue weighted by Crippen LogP contribution is -2.31. The summed E-state index contributed by atoms with van der Waals surface area (Å²) in [5.74, 6) is -1.54. The highest BCUT2D eigenvalue weighted by molar-refractivity contribution is 7.93. The number of benzene rings is 5. The molecule has 2 aliphatic rings. The van der Waals surface area contributed by atoms with E-state index in [2.05, 4.69) is 56.4 Å². The monoisotopic (exact) mass is 1260 g/mol. The first-order valence-corrected chi connectivity index (χ1v) is 36.3. The number of hydrogen-bond donors (Lipinski definition) is 2. The summed E-state index contributed by atoms with van der Waals surface area (Å²) in [6.45, 7) is 8.80. The molecule has 89 heavy (non-hydrogen) atoms. The van der Waals surface area contributed by atoms with Gasteiger partial charge in [0.25, 0.3) is 10.0 Å². The standard InChI is InChI=1S/C74H95F3N4O6S2/c1-6-10-14-18-22-26-30-56-34-42-60(43-35-56)80(61-44-36-57(37-45-61)31-27-23-19-15-11-7-2)64-50-52-66(68(54-64)78-88(5,84)85)70-72(82)71(73(70)83)67-53-51-65(55-69(67)79-89(86,87)74(75,76)77)81(62-46-38-58(39-47-62)32-28-24-20-16-12-8-3)63-48-40-59(41-49-63)33-29-25-21-17-13-9-4/h34-55,79,82H,6-33H2,1-5H3. The summed E-state index contributed by atoms with van der Waals surface area (Å²) < 4.78 is 102. The summed E-state index contributed by atoms with van der Waals surface area (Å²) in [5.41, 5.74) is 0.577. The van der Waals surface area contributed by atoms with Crippen LogP contribution in [0.15, 0.2) is 160 Å². The highest BCUT2D eigenvalue weighted by Crippen LogP contribution is 2.46. The highest BCUT2D eigenvalue weighted by Gasteiger charge is 2.47. The molecule has 0 saturated heterocycles. The zero-order chi connectivity index (χ0) is 63.8. The Bertz CT molecular complexity index is 3360. The Morgan fingerprint density at radius 2 is 0.809 bits per heavy atom. The lowest BCUT2D eigenvalue weighted by molar-refractivity contribution is -0.111. The molecule has 7 rings (SSSR count). The van der Waals surface area contributed by atoms with Crippen LogP contribution in [0, 0.1) is 0 Å². The van der Waals surface area contributed by atoms with Crippen LogP contribution < -0.4 is 14.5 Å². The molecule has 0 aliphatic heterocycles. The Labute approximate surface area is 530 Å². The summed E-state index contributed by atoms with van der Waals surface area (Å²) in [4.78, 5) is 18.5. The van der Waals surface area contributed by atoms with E-state index in [1.54, 1.807) is 16.9 Å². The molecule has 15 heteroatoms. The van der Waals surface area contributed by atoms with Gasteiger partial charge in [-0.2, -0.15) is 26.0 Å². The zero-order valence-electron chi connectivity index (χ0n) is 53.3. The number of carbonyl (C=O) groups is 1. The van der Waals surface area contributed by atoms with E-state index in [1.165, 1.54) is 138 Å². The lowest BCUT2D eigenvalue weighted by Gasteiger charge is -2.31. The van der Waals surface area contributed by atoms with Crippen LogP contribution in [0.4, 0.5) is 47.3 Å². The second-order valence-electron chi connectivity index (χ2n) is 24.1. The van der Waals surface area contributed by atoms with Crippen molar-refractivity contribution in [2.75, 3.05) is 20.8 Å². The minimum absolute atomic E-state index is 0.0472. The van der Waals surface area contributed by atoms with E-state index >= 15 is 0 Å². The average Bonchev–Trinajstić information content (AvgIpc) is 0.754. The Balaban J connectivity index is 1.27. The van der Waals surface area contributed by atoms with E-state index in [0.29, 0.717) is 17.1 Å². The van der Waals surface area contributed by atoms with Gasteiger partial charge in [0, 0.05) is 45.3 Å². The number of carbonyl (C=O) groups excluding carboxylic acids is 1. The number of allylic oxidation sites excluding steroid dienone is 6. The number of halogens is 3. The Hall–Kier alpha value is -6.71. The average molecular weight is 1260 g/mol. The molecule has 0 unspecified atom stereocenters. The van der Waals surface area contributed by atoms with E-state index in [4.69, 9.17) is 0 Å². The van der Waals surface area contributed by atoms with Gasteiger partial charge in [0.05, 0.1) is 28.8 Å². The van der Waals surface area contributed by atoms with E-state index < -0.39 is 48.4 Å². The Morgan fingerprint density at radius 1 is 0.461 bits per heavy atom. The van der Waals surface area contributed by atoms with Crippen molar-refractivity contribution in [2.24, 2.45) is 4.40 Å². The van der Waals surface area contributed by atoms with Crippen LogP contribution in [0.5, 0.6) is 0 Å². The molecular weight excluding hydrogens is 1160 g/mol. The molecule has 0 aromatic heterocycles. The number of alkyl halides is 3. The largest absolute Gasteiger partial charge is 0.516 e. The molecule has 0 heterocycles. The number of aryl methyl sites for hydroxylation is 4. The summed E-state index contributed by atoms with van der Waals surface area (Å²) in [6.07, 6.45) is 37.2. The maximum Gasteiger partial charge on any atom is 0.516 e. The number of hydrogen-bond acceptors (Lipinski definition) is 8. The molecule has 0 amide bonds. The maximum atomic E-state index is 14.8.